The van der Waals surface area contributed by atoms with E-state index in [1.807, 2.05) is 0 Å². The van der Waals surface area contributed by atoms with Crippen LogP contribution in [-0.4, -0.2) is 0 Å². The zero-order valence-electron chi connectivity index (χ0n) is 33.0. The first-order valence-electron chi connectivity index (χ1n) is 21.2. The van der Waals surface area contributed by atoms with Gasteiger partial charge in [0.05, 0.1) is 0 Å². The summed E-state index contributed by atoms with van der Waals surface area (Å²) in [6.45, 7) is 0. The van der Waals surface area contributed by atoms with Gasteiger partial charge in [0, 0.05) is 16.3 Å². The minimum Gasteiger partial charge on any atom is -0.455 e. The number of rotatable bonds is 4. The summed E-state index contributed by atoms with van der Waals surface area (Å²) in [6.07, 6.45) is 0. The minimum atomic E-state index is 0.904. The molecule has 1 nitrogen and oxygen atoms in total. The summed E-state index contributed by atoms with van der Waals surface area (Å²) < 4.78 is 7.01. The third-order valence-corrected chi connectivity index (χ3v) is 13.6. The molecule has 0 saturated heterocycles. The van der Waals surface area contributed by atoms with Gasteiger partial charge in [0.1, 0.15) is 11.2 Å². The first-order valence-corrected chi connectivity index (χ1v) is 21.2. The highest BCUT2D eigenvalue weighted by atomic mass is 16.3. The number of furan rings is 1. The molecule has 14 aromatic rings. The molecule has 0 bridgehead atoms. The van der Waals surface area contributed by atoms with Crippen molar-refractivity contribution in [3.63, 3.8) is 0 Å². The Kier molecular flexibility index (Phi) is 6.62. The summed E-state index contributed by atoms with van der Waals surface area (Å²) in [5.41, 5.74) is 11.4. The maximum Gasteiger partial charge on any atom is 0.143 e. The quantitative estimate of drug-likeness (QED) is 0.162. The SMILES string of the molecule is c1ccc(-c2ccc3ccc4c(-c5ccc(-c6ccc(-c7ccc8ccc9cccc%10ccc7c8c9%10)c7c6oc6cc8ccccc8cc67)cc5)ccc5ccc2c3c54)cc1. The summed E-state index contributed by atoms with van der Waals surface area (Å²) in [6, 6.07) is 76.3. The molecule has 0 atom stereocenters. The van der Waals surface area contributed by atoms with Crippen molar-refractivity contribution in [2.45, 2.75) is 0 Å². The molecule has 0 N–H and O–H groups in total. The molecule has 1 heteroatoms. The molecule has 13 aromatic carbocycles. The van der Waals surface area contributed by atoms with Crippen molar-refractivity contribution in [2.24, 2.45) is 0 Å². The lowest BCUT2D eigenvalue weighted by molar-refractivity contribution is 0.670. The molecule has 0 spiro atoms. The van der Waals surface area contributed by atoms with Gasteiger partial charge >= 0.3 is 0 Å². The van der Waals surface area contributed by atoms with Crippen LogP contribution in [0.5, 0.6) is 0 Å². The molecule has 0 unspecified atom stereocenters. The van der Waals surface area contributed by atoms with Crippen LogP contribution in [0.3, 0.4) is 0 Å². The molecular weight excluding hydrogens is 737 g/mol. The molecule has 0 saturated carbocycles. The Hall–Kier alpha value is -8.00. The van der Waals surface area contributed by atoms with Crippen LogP contribution in [0.15, 0.2) is 211 Å². The van der Waals surface area contributed by atoms with Gasteiger partial charge in [-0.1, -0.05) is 188 Å². The maximum atomic E-state index is 7.01. The van der Waals surface area contributed by atoms with Crippen LogP contribution in [0, 0.1) is 0 Å². The van der Waals surface area contributed by atoms with E-state index in [0.717, 1.165) is 33.1 Å². The molecule has 0 aliphatic heterocycles. The zero-order chi connectivity index (χ0) is 39.8. The molecule has 14 rings (SSSR count). The largest absolute Gasteiger partial charge is 0.455 e. The van der Waals surface area contributed by atoms with Gasteiger partial charge in [0.25, 0.3) is 0 Å². The van der Waals surface area contributed by atoms with E-state index in [9.17, 15) is 0 Å². The molecule has 1 heterocycles. The molecule has 61 heavy (non-hydrogen) atoms. The molecule has 0 fully saturated rings. The second-order valence-electron chi connectivity index (χ2n) is 16.7. The van der Waals surface area contributed by atoms with E-state index in [1.165, 1.54) is 109 Å². The van der Waals surface area contributed by atoms with Crippen LogP contribution in [0.25, 0.3) is 142 Å². The number of hydrogen-bond acceptors (Lipinski definition) is 1. The number of benzene rings is 13. The lowest BCUT2D eigenvalue weighted by Gasteiger charge is -2.17. The summed E-state index contributed by atoms with van der Waals surface area (Å²) in [4.78, 5) is 0. The van der Waals surface area contributed by atoms with Gasteiger partial charge in [-0.25, -0.2) is 0 Å². The maximum absolute atomic E-state index is 7.01. The van der Waals surface area contributed by atoms with Gasteiger partial charge in [0.15, 0.2) is 0 Å². The Labute approximate surface area is 351 Å². The van der Waals surface area contributed by atoms with E-state index >= 15 is 0 Å². The predicted molar refractivity (Wildman–Crippen MR) is 260 cm³/mol. The van der Waals surface area contributed by atoms with Crippen molar-refractivity contribution in [1.82, 2.24) is 0 Å². The van der Waals surface area contributed by atoms with Gasteiger partial charge in [0.2, 0.25) is 0 Å². The van der Waals surface area contributed by atoms with Crippen molar-refractivity contribution in [1.29, 1.82) is 0 Å². The summed E-state index contributed by atoms with van der Waals surface area (Å²) in [7, 11) is 0. The van der Waals surface area contributed by atoms with Crippen LogP contribution in [0.2, 0.25) is 0 Å². The van der Waals surface area contributed by atoms with Gasteiger partial charge < -0.3 is 4.42 Å². The Morgan fingerprint density at radius 3 is 1.30 bits per heavy atom. The molecule has 1 aromatic heterocycles. The molecule has 0 amide bonds. The second-order valence-corrected chi connectivity index (χ2v) is 16.7. The number of fused-ring (bicyclic) bond motifs is 4. The summed E-state index contributed by atoms with van der Waals surface area (Å²) in [5, 5.41) is 20.2. The van der Waals surface area contributed by atoms with E-state index < -0.39 is 0 Å². The lowest BCUT2D eigenvalue weighted by atomic mass is 9.86. The molecule has 0 aliphatic rings. The second kappa shape index (κ2) is 12.3. The van der Waals surface area contributed by atoms with Crippen molar-refractivity contribution in [3.8, 4) is 44.5 Å². The highest BCUT2D eigenvalue weighted by Crippen LogP contribution is 2.47. The first-order chi connectivity index (χ1) is 30.2. The first kappa shape index (κ1) is 32.9. The van der Waals surface area contributed by atoms with Crippen LogP contribution in [-0.2, 0) is 0 Å². The van der Waals surface area contributed by atoms with E-state index in [4.69, 9.17) is 4.42 Å². The summed E-state index contributed by atoms with van der Waals surface area (Å²) in [5.74, 6) is 0. The smallest absolute Gasteiger partial charge is 0.143 e. The Bertz CT molecular complexity index is 4060. The highest BCUT2D eigenvalue weighted by molar-refractivity contribution is 6.29. The fourth-order valence-electron chi connectivity index (χ4n) is 10.7. The van der Waals surface area contributed by atoms with Crippen molar-refractivity contribution in [3.05, 3.63) is 206 Å². The predicted octanol–water partition coefficient (Wildman–Crippen LogP) is 17.2. The van der Waals surface area contributed by atoms with Crippen LogP contribution >= 0.6 is 0 Å². The third-order valence-electron chi connectivity index (χ3n) is 13.6. The average Bonchev–Trinajstić information content (AvgIpc) is 3.70. The normalized spacial score (nSPS) is 12.3. The molecular formula is C60H34O. The minimum absolute atomic E-state index is 0.904. The van der Waals surface area contributed by atoms with E-state index in [2.05, 4.69) is 206 Å². The Morgan fingerprint density at radius 2 is 0.656 bits per heavy atom. The van der Waals surface area contributed by atoms with Crippen LogP contribution in [0.1, 0.15) is 0 Å². The van der Waals surface area contributed by atoms with Gasteiger partial charge in [-0.15, -0.1) is 0 Å². The van der Waals surface area contributed by atoms with Crippen LogP contribution in [0.4, 0.5) is 0 Å². The van der Waals surface area contributed by atoms with Crippen molar-refractivity contribution < 1.29 is 4.42 Å². The Balaban J connectivity index is 0.957. The van der Waals surface area contributed by atoms with Crippen molar-refractivity contribution in [2.75, 3.05) is 0 Å². The fraction of sp³-hybridized carbons (Fsp3) is 0. The third kappa shape index (κ3) is 4.66. The van der Waals surface area contributed by atoms with Crippen LogP contribution < -0.4 is 0 Å². The number of hydrogen-bond donors (Lipinski definition) is 0. The average molecular weight is 771 g/mol. The van der Waals surface area contributed by atoms with E-state index in [0.29, 0.717) is 0 Å². The standard InChI is InChI=1S/C60H34O/c1-2-7-35(8-3-1)45-25-19-41-24-29-50-46(26-20-42-23-28-49(45)57(41)58(42)50)36-13-15-37(16-14-36)47-31-32-52(59-53-33-43-9-4-5-10-44(43)34-54(53)61-60(47)59)48-27-21-40-18-17-38-11-6-12-39-22-30-51(48)56(40)55(38)39/h1-34H. The fourth-order valence-corrected chi connectivity index (χ4v) is 10.7. The van der Waals surface area contributed by atoms with Gasteiger partial charge in [-0.05, 0) is 133 Å². The monoisotopic (exact) mass is 770 g/mol. The molecule has 0 radical (unpaired) electrons. The van der Waals surface area contributed by atoms with Crippen molar-refractivity contribution >= 4 is 97.3 Å². The Morgan fingerprint density at radius 1 is 0.230 bits per heavy atom. The highest BCUT2D eigenvalue weighted by Gasteiger charge is 2.21. The topological polar surface area (TPSA) is 13.1 Å². The van der Waals surface area contributed by atoms with E-state index in [-0.39, 0.29) is 0 Å². The molecule has 280 valence electrons. The van der Waals surface area contributed by atoms with E-state index in [1.54, 1.807) is 0 Å². The molecule has 0 aliphatic carbocycles. The van der Waals surface area contributed by atoms with Gasteiger partial charge in [-0.3, -0.25) is 0 Å². The summed E-state index contributed by atoms with van der Waals surface area (Å²) >= 11 is 0. The lowest BCUT2D eigenvalue weighted by Crippen LogP contribution is -1.90. The van der Waals surface area contributed by atoms with Gasteiger partial charge in [-0.2, -0.15) is 0 Å². The zero-order valence-corrected chi connectivity index (χ0v) is 33.0.